The van der Waals surface area contributed by atoms with Gasteiger partial charge in [-0.05, 0) is 38.3 Å². The molecule has 2 amide bonds. The average Bonchev–Trinajstić information content (AvgIpc) is 2.51. The highest BCUT2D eigenvalue weighted by atomic mass is 16.2. The third-order valence-electron chi connectivity index (χ3n) is 3.85. The Hall–Kier alpha value is -2.04. The Balaban J connectivity index is 2.10. The van der Waals surface area contributed by atoms with Crippen LogP contribution >= 0.6 is 0 Å². The van der Waals surface area contributed by atoms with E-state index in [1.807, 2.05) is 32.0 Å². The first-order valence-corrected chi connectivity index (χ1v) is 7.32. The normalized spacial score (nSPS) is 13.9. The van der Waals surface area contributed by atoms with Gasteiger partial charge in [-0.3, -0.25) is 9.59 Å². The van der Waals surface area contributed by atoms with E-state index in [4.69, 9.17) is 0 Å². The van der Waals surface area contributed by atoms with Gasteiger partial charge in [0.1, 0.15) is 0 Å². The van der Waals surface area contributed by atoms with Gasteiger partial charge in [-0.2, -0.15) is 0 Å². The number of anilines is 1. The second kappa shape index (κ2) is 6.16. The maximum atomic E-state index is 12.4. The smallest absolute Gasteiger partial charge is 0.253 e. The molecule has 3 N–H and O–H groups in total. The van der Waals surface area contributed by atoms with Crippen molar-refractivity contribution in [2.24, 2.45) is 5.41 Å². The van der Waals surface area contributed by atoms with Gasteiger partial charge in [0.25, 0.3) is 5.91 Å². The molecule has 21 heavy (non-hydrogen) atoms. The zero-order valence-electron chi connectivity index (χ0n) is 12.9. The predicted molar refractivity (Wildman–Crippen MR) is 83.4 cm³/mol. The largest absolute Gasteiger partial charge is 0.384 e. The molecule has 5 nitrogen and oxygen atoms in total. The van der Waals surface area contributed by atoms with Crippen LogP contribution in [0.1, 0.15) is 36.2 Å². The lowest BCUT2D eigenvalue weighted by Crippen LogP contribution is -2.43. The van der Waals surface area contributed by atoms with Crippen molar-refractivity contribution in [3.05, 3.63) is 29.3 Å². The van der Waals surface area contributed by atoms with E-state index in [9.17, 15) is 9.59 Å². The summed E-state index contributed by atoms with van der Waals surface area (Å²) in [4.78, 5) is 24.1. The summed E-state index contributed by atoms with van der Waals surface area (Å²) in [6.07, 6.45) is 2.08. The van der Waals surface area contributed by atoms with E-state index >= 15 is 0 Å². The molecule has 0 fully saturated rings. The molecular weight excluding hydrogens is 266 g/mol. The summed E-state index contributed by atoms with van der Waals surface area (Å²) in [6.45, 7) is 4.81. The fourth-order valence-electron chi connectivity index (χ4n) is 2.51. The topological polar surface area (TPSA) is 70.2 Å². The Morgan fingerprint density at radius 3 is 2.81 bits per heavy atom. The van der Waals surface area contributed by atoms with Crippen LogP contribution in [0, 0.1) is 5.41 Å². The summed E-state index contributed by atoms with van der Waals surface area (Å²) in [6, 6.07) is 5.77. The Bertz CT molecular complexity index is 552. The number of hydrogen-bond acceptors (Lipinski definition) is 3. The van der Waals surface area contributed by atoms with Gasteiger partial charge in [-0.1, -0.05) is 12.1 Å². The van der Waals surface area contributed by atoms with Gasteiger partial charge >= 0.3 is 0 Å². The highest BCUT2D eigenvalue weighted by Crippen LogP contribution is 2.26. The quantitative estimate of drug-likeness (QED) is 0.787. The SMILES string of the molecule is CNC(=O)C(C)(C)CNC(=O)c1cccc2c1NCCC2. The lowest BCUT2D eigenvalue weighted by atomic mass is 9.92. The first-order chi connectivity index (χ1) is 9.95. The van der Waals surface area contributed by atoms with Crippen molar-refractivity contribution in [2.45, 2.75) is 26.7 Å². The molecule has 0 aromatic heterocycles. The number of rotatable bonds is 4. The number of aryl methyl sites for hydroxylation is 1. The molecule has 1 aromatic rings. The second-order valence-electron chi connectivity index (χ2n) is 6.02. The minimum Gasteiger partial charge on any atom is -0.384 e. The first-order valence-electron chi connectivity index (χ1n) is 7.32. The van der Waals surface area contributed by atoms with Crippen molar-refractivity contribution in [1.29, 1.82) is 0 Å². The minimum atomic E-state index is -0.632. The van der Waals surface area contributed by atoms with Crippen molar-refractivity contribution < 1.29 is 9.59 Å². The molecule has 114 valence electrons. The third kappa shape index (κ3) is 3.35. The first kappa shape index (κ1) is 15.4. The number of fused-ring (bicyclic) bond motifs is 1. The number of amides is 2. The highest BCUT2D eigenvalue weighted by Gasteiger charge is 2.27. The highest BCUT2D eigenvalue weighted by molar-refractivity contribution is 6.00. The molecule has 0 radical (unpaired) electrons. The van der Waals surface area contributed by atoms with Crippen molar-refractivity contribution in [1.82, 2.24) is 10.6 Å². The van der Waals surface area contributed by atoms with Gasteiger partial charge < -0.3 is 16.0 Å². The molecule has 5 heteroatoms. The molecule has 1 aliphatic rings. The molecule has 0 aliphatic carbocycles. The van der Waals surface area contributed by atoms with Crippen LogP contribution in [0.15, 0.2) is 18.2 Å². The summed E-state index contributed by atoms with van der Waals surface area (Å²) >= 11 is 0. The molecule has 0 saturated heterocycles. The number of benzene rings is 1. The lowest BCUT2D eigenvalue weighted by Gasteiger charge is -2.24. The van der Waals surface area contributed by atoms with Crippen LogP contribution in [0.2, 0.25) is 0 Å². The standard InChI is InChI=1S/C16H23N3O2/c1-16(2,15(21)17-3)10-19-14(20)12-8-4-6-11-7-5-9-18-13(11)12/h4,6,8,18H,5,7,9-10H2,1-3H3,(H,17,21)(H,19,20). The second-order valence-corrected chi connectivity index (χ2v) is 6.02. The number of hydrogen-bond donors (Lipinski definition) is 3. The number of carbonyl (C=O) groups excluding carboxylic acids is 2. The summed E-state index contributed by atoms with van der Waals surface area (Å²) in [5.41, 5.74) is 2.13. The maximum Gasteiger partial charge on any atom is 0.253 e. The van der Waals surface area contributed by atoms with E-state index in [-0.39, 0.29) is 11.8 Å². The zero-order chi connectivity index (χ0) is 15.5. The van der Waals surface area contributed by atoms with E-state index < -0.39 is 5.41 Å². The lowest BCUT2D eigenvalue weighted by molar-refractivity contribution is -0.128. The summed E-state index contributed by atoms with van der Waals surface area (Å²) in [5.74, 6) is -0.228. The molecular formula is C16H23N3O2. The average molecular weight is 289 g/mol. The van der Waals surface area contributed by atoms with E-state index in [0.717, 1.165) is 25.1 Å². The number of para-hydroxylation sites is 1. The molecule has 0 saturated carbocycles. The van der Waals surface area contributed by atoms with Crippen LogP contribution in [0.4, 0.5) is 5.69 Å². The van der Waals surface area contributed by atoms with Crippen LogP contribution in [0.5, 0.6) is 0 Å². The number of carbonyl (C=O) groups is 2. The molecule has 1 aliphatic heterocycles. The van der Waals surface area contributed by atoms with Crippen molar-refractivity contribution in [2.75, 3.05) is 25.5 Å². The van der Waals surface area contributed by atoms with Crippen molar-refractivity contribution in [3.63, 3.8) is 0 Å². The number of nitrogens with one attached hydrogen (secondary N) is 3. The van der Waals surface area contributed by atoms with E-state index in [2.05, 4.69) is 16.0 Å². The fraction of sp³-hybridized carbons (Fsp3) is 0.500. The van der Waals surface area contributed by atoms with Gasteiger partial charge in [0, 0.05) is 20.1 Å². The predicted octanol–water partition coefficient (Wildman–Crippen LogP) is 1.55. The Morgan fingerprint density at radius 2 is 2.10 bits per heavy atom. The van der Waals surface area contributed by atoms with Gasteiger partial charge in [-0.15, -0.1) is 0 Å². The minimum absolute atomic E-state index is 0.0870. The molecule has 1 aromatic carbocycles. The van der Waals surface area contributed by atoms with Crippen molar-refractivity contribution in [3.8, 4) is 0 Å². The maximum absolute atomic E-state index is 12.4. The van der Waals surface area contributed by atoms with Gasteiger partial charge in [0.2, 0.25) is 5.91 Å². The van der Waals surface area contributed by atoms with Crippen LogP contribution in [0.3, 0.4) is 0 Å². The Kier molecular flexibility index (Phi) is 4.50. The zero-order valence-corrected chi connectivity index (χ0v) is 12.9. The molecule has 0 unspecified atom stereocenters. The van der Waals surface area contributed by atoms with Crippen LogP contribution < -0.4 is 16.0 Å². The van der Waals surface area contributed by atoms with Gasteiger partial charge in [0.15, 0.2) is 0 Å². The van der Waals surface area contributed by atoms with E-state index in [1.54, 1.807) is 7.05 Å². The van der Waals surface area contributed by atoms with Crippen LogP contribution in [0.25, 0.3) is 0 Å². The molecule has 0 bridgehead atoms. The van der Waals surface area contributed by atoms with E-state index in [1.165, 1.54) is 5.56 Å². The van der Waals surface area contributed by atoms with Crippen molar-refractivity contribution >= 4 is 17.5 Å². The summed E-state index contributed by atoms with van der Waals surface area (Å²) in [7, 11) is 1.60. The molecule has 1 heterocycles. The monoisotopic (exact) mass is 289 g/mol. The third-order valence-corrected chi connectivity index (χ3v) is 3.85. The van der Waals surface area contributed by atoms with Crippen LogP contribution in [-0.2, 0) is 11.2 Å². The van der Waals surface area contributed by atoms with Gasteiger partial charge in [0.05, 0.1) is 16.7 Å². The Labute approximate surface area is 125 Å². The Morgan fingerprint density at radius 1 is 1.33 bits per heavy atom. The van der Waals surface area contributed by atoms with Gasteiger partial charge in [-0.25, -0.2) is 0 Å². The summed E-state index contributed by atoms with van der Waals surface area (Å²) < 4.78 is 0. The molecule has 0 spiro atoms. The van der Waals surface area contributed by atoms with E-state index in [0.29, 0.717) is 12.1 Å². The summed E-state index contributed by atoms with van der Waals surface area (Å²) in [5, 5.41) is 8.78. The van der Waals surface area contributed by atoms with Crippen LogP contribution in [-0.4, -0.2) is 32.0 Å². The molecule has 0 atom stereocenters. The molecule has 2 rings (SSSR count). The fourth-order valence-corrected chi connectivity index (χ4v) is 2.51.